The second kappa shape index (κ2) is 10.7. The minimum atomic E-state index is -1.16. The van der Waals surface area contributed by atoms with Crippen molar-refractivity contribution in [3.05, 3.63) is 54.1 Å². The number of nitrogens with zero attached hydrogens (tertiary/aromatic N) is 1. The summed E-state index contributed by atoms with van der Waals surface area (Å²) in [4.78, 5) is 38.2. The molecule has 1 aliphatic heterocycles. The molecule has 0 aliphatic carbocycles. The number of fused-ring (bicyclic) bond motifs is 1. The smallest absolute Gasteiger partial charge is 0.323 e. The van der Waals surface area contributed by atoms with Gasteiger partial charge in [0.15, 0.2) is 6.10 Å². The predicted octanol–water partition coefficient (Wildman–Crippen LogP) is 3.92. The fraction of sp³-hybridized carbons (Fsp3) is 0.318. The Morgan fingerprint density at radius 1 is 1.10 bits per heavy atom. The molecule has 0 bridgehead atoms. The number of para-hydroxylation sites is 1. The van der Waals surface area contributed by atoms with Crippen LogP contribution in [-0.2, 0) is 19.1 Å². The van der Waals surface area contributed by atoms with E-state index in [0.29, 0.717) is 11.4 Å². The first-order valence-electron chi connectivity index (χ1n) is 9.50. The average Bonchev–Trinajstić information content (AvgIpc) is 2.85. The highest BCUT2D eigenvalue weighted by Crippen LogP contribution is 2.46. The number of thioether (sulfide) groups is 1. The van der Waals surface area contributed by atoms with Crippen molar-refractivity contribution in [3.63, 3.8) is 0 Å². The zero-order valence-corrected chi connectivity index (χ0v) is 18.1. The topological polar surface area (TPSA) is 93.1 Å². The summed E-state index contributed by atoms with van der Waals surface area (Å²) < 4.78 is 10.6. The maximum atomic E-state index is 13.2. The third-order valence-electron chi connectivity index (χ3n) is 4.23. The standard InChI is InChI=1S/C20H19NO6S.C2H6/c1-12(22)27-18-19(13-7-9-14(26-2)10-8-13)28-16-6-4-3-5-15(16)21(20(18)25)11-17(23)24;1-2/h3-10,18-19H,11H2,1-2H3,(H,23,24);1-2H3. The lowest BCUT2D eigenvalue weighted by Gasteiger charge is -2.26. The lowest BCUT2D eigenvalue weighted by atomic mass is 10.1. The molecule has 2 aromatic carbocycles. The summed E-state index contributed by atoms with van der Waals surface area (Å²) in [5.74, 6) is -1.68. The third-order valence-corrected chi connectivity index (χ3v) is 5.60. The minimum Gasteiger partial charge on any atom is -0.497 e. The minimum absolute atomic E-state index is 0.480. The van der Waals surface area contributed by atoms with E-state index in [9.17, 15) is 19.5 Å². The molecule has 0 aromatic heterocycles. The summed E-state index contributed by atoms with van der Waals surface area (Å²) in [7, 11) is 1.56. The summed E-state index contributed by atoms with van der Waals surface area (Å²) >= 11 is 1.36. The average molecular weight is 432 g/mol. The van der Waals surface area contributed by atoms with E-state index in [1.807, 2.05) is 26.0 Å². The Labute approximate surface area is 180 Å². The number of ether oxygens (including phenoxy) is 2. The number of carbonyl (C=O) groups is 3. The number of hydrogen-bond donors (Lipinski definition) is 1. The van der Waals surface area contributed by atoms with Gasteiger partial charge in [-0.25, -0.2) is 0 Å². The van der Waals surface area contributed by atoms with Gasteiger partial charge in [0.1, 0.15) is 12.3 Å². The number of benzene rings is 2. The van der Waals surface area contributed by atoms with E-state index in [1.54, 1.807) is 43.5 Å². The number of methoxy groups -OCH3 is 1. The molecule has 1 aliphatic rings. The van der Waals surface area contributed by atoms with E-state index in [4.69, 9.17) is 9.47 Å². The number of esters is 1. The van der Waals surface area contributed by atoms with Crippen LogP contribution in [0.1, 0.15) is 31.6 Å². The van der Waals surface area contributed by atoms with E-state index >= 15 is 0 Å². The van der Waals surface area contributed by atoms with Crippen LogP contribution in [0.4, 0.5) is 5.69 Å². The molecule has 1 amide bonds. The summed E-state index contributed by atoms with van der Waals surface area (Å²) in [6.45, 7) is 4.70. The number of anilines is 1. The Kier molecular flexibility index (Phi) is 8.29. The highest BCUT2D eigenvalue weighted by atomic mass is 32.2. The molecule has 7 nitrogen and oxygen atoms in total. The van der Waals surface area contributed by atoms with Crippen molar-refractivity contribution in [2.24, 2.45) is 0 Å². The Balaban J connectivity index is 0.00000155. The van der Waals surface area contributed by atoms with Crippen molar-refractivity contribution in [2.75, 3.05) is 18.6 Å². The number of carboxylic acid groups (broad SMARTS) is 1. The van der Waals surface area contributed by atoms with Crippen LogP contribution in [0, 0.1) is 0 Å². The van der Waals surface area contributed by atoms with E-state index in [0.717, 1.165) is 15.4 Å². The van der Waals surface area contributed by atoms with Crippen LogP contribution in [0.15, 0.2) is 53.4 Å². The van der Waals surface area contributed by atoms with Gasteiger partial charge in [-0.2, -0.15) is 0 Å². The highest BCUT2D eigenvalue weighted by molar-refractivity contribution is 7.99. The summed E-state index contributed by atoms with van der Waals surface area (Å²) in [6, 6.07) is 14.2. The lowest BCUT2D eigenvalue weighted by molar-refractivity contribution is -0.153. The maximum Gasteiger partial charge on any atom is 0.323 e. The molecular formula is C22H25NO6S. The fourth-order valence-corrected chi connectivity index (χ4v) is 4.32. The molecular weight excluding hydrogens is 406 g/mol. The van der Waals surface area contributed by atoms with Gasteiger partial charge < -0.3 is 14.6 Å². The van der Waals surface area contributed by atoms with Gasteiger partial charge in [-0.15, -0.1) is 11.8 Å². The number of hydrogen-bond acceptors (Lipinski definition) is 6. The Morgan fingerprint density at radius 2 is 1.73 bits per heavy atom. The van der Waals surface area contributed by atoms with Crippen molar-refractivity contribution in [2.45, 2.75) is 37.0 Å². The van der Waals surface area contributed by atoms with Crippen LogP contribution < -0.4 is 9.64 Å². The Hall–Kier alpha value is -3.00. The van der Waals surface area contributed by atoms with Crippen LogP contribution in [0.3, 0.4) is 0 Å². The molecule has 160 valence electrons. The van der Waals surface area contributed by atoms with Crippen LogP contribution in [0.25, 0.3) is 0 Å². The monoisotopic (exact) mass is 431 g/mol. The van der Waals surface area contributed by atoms with Gasteiger partial charge in [-0.05, 0) is 29.8 Å². The number of carboxylic acids is 1. The first-order chi connectivity index (χ1) is 14.4. The molecule has 0 spiro atoms. The Morgan fingerprint density at radius 3 is 2.30 bits per heavy atom. The van der Waals surface area contributed by atoms with Gasteiger partial charge in [-0.1, -0.05) is 38.1 Å². The van der Waals surface area contributed by atoms with Crippen molar-refractivity contribution in [1.29, 1.82) is 0 Å². The van der Waals surface area contributed by atoms with E-state index in [2.05, 4.69) is 0 Å². The van der Waals surface area contributed by atoms with Crippen LogP contribution >= 0.6 is 11.8 Å². The lowest BCUT2D eigenvalue weighted by Crippen LogP contribution is -2.44. The number of carbonyl (C=O) groups excluding carboxylic acids is 2. The molecule has 0 saturated carbocycles. The molecule has 0 fully saturated rings. The second-order valence-corrected chi connectivity index (χ2v) is 7.31. The van der Waals surface area contributed by atoms with E-state index in [-0.39, 0.29) is 0 Å². The summed E-state index contributed by atoms with van der Waals surface area (Å²) in [5.41, 5.74) is 1.24. The third kappa shape index (κ3) is 5.33. The van der Waals surface area contributed by atoms with E-state index < -0.39 is 35.7 Å². The molecule has 8 heteroatoms. The predicted molar refractivity (Wildman–Crippen MR) is 115 cm³/mol. The van der Waals surface area contributed by atoms with Gasteiger partial charge >= 0.3 is 11.9 Å². The van der Waals surface area contributed by atoms with Crippen LogP contribution in [0.5, 0.6) is 5.75 Å². The summed E-state index contributed by atoms with van der Waals surface area (Å²) in [6.07, 6.45) is -1.16. The maximum absolute atomic E-state index is 13.2. The molecule has 2 atom stereocenters. The Bertz CT molecular complexity index is 899. The van der Waals surface area contributed by atoms with Crippen LogP contribution in [0.2, 0.25) is 0 Å². The van der Waals surface area contributed by atoms with E-state index in [1.165, 1.54) is 18.7 Å². The SMILES string of the molecule is CC.COc1ccc(C2Sc3ccccc3N(CC(=O)O)C(=O)C2OC(C)=O)cc1. The summed E-state index contributed by atoms with van der Waals surface area (Å²) in [5, 5.41) is 8.75. The molecule has 3 rings (SSSR count). The first-order valence-corrected chi connectivity index (χ1v) is 10.4. The largest absolute Gasteiger partial charge is 0.497 e. The zero-order chi connectivity index (χ0) is 22.3. The zero-order valence-electron chi connectivity index (χ0n) is 17.3. The van der Waals surface area contributed by atoms with Gasteiger partial charge in [0.2, 0.25) is 0 Å². The number of rotatable bonds is 5. The van der Waals surface area contributed by atoms with Crippen molar-refractivity contribution < 1.29 is 29.0 Å². The highest BCUT2D eigenvalue weighted by Gasteiger charge is 2.41. The fourth-order valence-electron chi connectivity index (χ4n) is 3.01. The van der Waals surface area contributed by atoms with Crippen molar-refractivity contribution >= 4 is 35.3 Å². The van der Waals surface area contributed by atoms with Gasteiger partial charge in [-0.3, -0.25) is 19.3 Å². The van der Waals surface area contributed by atoms with Gasteiger partial charge in [0, 0.05) is 11.8 Å². The van der Waals surface area contributed by atoms with Gasteiger partial charge in [0.05, 0.1) is 18.0 Å². The molecule has 1 N–H and O–H groups in total. The molecule has 0 saturated heterocycles. The molecule has 2 unspecified atom stereocenters. The molecule has 2 aromatic rings. The van der Waals surface area contributed by atoms with Crippen LogP contribution in [-0.4, -0.2) is 42.7 Å². The first kappa shape index (κ1) is 23.3. The van der Waals surface area contributed by atoms with Gasteiger partial charge in [0.25, 0.3) is 5.91 Å². The second-order valence-electron chi connectivity index (χ2n) is 6.13. The van der Waals surface area contributed by atoms with Crippen molar-refractivity contribution in [1.82, 2.24) is 0 Å². The van der Waals surface area contributed by atoms with Crippen molar-refractivity contribution in [3.8, 4) is 5.75 Å². The molecule has 0 radical (unpaired) electrons. The number of amides is 1. The molecule has 30 heavy (non-hydrogen) atoms. The molecule has 1 heterocycles. The quantitative estimate of drug-likeness (QED) is 0.717. The number of aliphatic carboxylic acids is 1. The normalized spacial score (nSPS) is 17.7.